The largest absolute Gasteiger partial charge is 0.495 e. The minimum absolute atomic E-state index is 0.337. The number of ether oxygens (including phenoxy) is 1. The smallest absolute Gasteiger partial charge is 0.247 e. The predicted molar refractivity (Wildman–Crippen MR) is 149 cm³/mol. The molecule has 2 aromatic carbocycles. The molecule has 12 heteroatoms. The number of halogens is 2. The maximum atomic E-state index is 13.9. The van der Waals surface area contributed by atoms with E-state index in [2.05, 4.69) is 32.1 Å². The van der Waals surface area contributed by atoms with Crippen LogP contribution >= 0.6 is 11.8 Å². The molecule has 1 atom stereocenters. The number of hydroxylamine groups is 1. The fourth-order valence-electron chi connectivity index (χ4n) is 4.01. The zero-order valence-electron chi connectivity index (χ0n) is 21.9. The van der Waals surface area contributed by atoms with Crippen LogP contribution in [0.4, 0.5) is 31.8 Å². The summed E-state index contributed by atoms with van der Waals surface area (Å²) in [4.78, 5) is 29.4. The Morgan fingerprint density at radius 2 is 1.97 bits per heavy atom. The minimum Gasteiger partial charge on any atom is -0.495 e. The van der Waals surface area contributed by atoms with Crippen molar-refractivity contribution in [3.8, 4) is 5.75 Å². The second-order valence-corrected chi connectivity index (χ2v) is 10.1. The number of nitrogens with one attached hydrogen (secondary N) is 2. The zero-order chi connectivity index (χ0) is 27.9. The van der Waals surface area contributed by atoms with Gasteiger partial charge < -0.3 is 20.3 Å². The van der Waals surface area contributed by atoms with Gasteiger partial charge in [0.25, 0.3) is 0 Å². The number of aromatic nitrogens is 2. The molecule has 206 valence electrons. The Balaban J connectivity index is 1.61. The summed E-state index contributed by atoms with van der Waals surface area (Å²) in [6.45, 7) is 4.76. The van der Waals surface area contributed by atoms with Crippen molar-refractivity contribution in [2.75, 3.05) is 55.8 Å². The number of thioether (sulfide) groups is 1. The van der Waals surface area contributed by atoms with Gasteiger partial charge in [0.15, 0.2) is 5.82 Å². The van der Waals surface area contributed by atoms with Crippen LogP contribution in [0.2, 0.25) is 0 Å². The summed E-state index contributed by atoms with van der Waals surface area (Å²) in [7, 11) is 5.55. The lowest BCUT2D eigenvalue weighted by atomic mass is 10.0. The van der Waals surface area contributed by atoms with Gasteiger partial charge in [-0.05, 0) is 50.0 Å². The molecule has 9 nitrogen and oxygen atoms in total. The van der Waals surface area contributed by atoms with E-state index < -0.39 is 17.7 Å². The molecule has 0 radical (unpaired) electrons. The first kappa shape index (κ1) is 28.3. The number of carbonyl (C=O) groups is 1. The lowest BCUT2D eigenvalue weighted by Crippen LogP contribution is -2.22. The predicted octanol–water partition coefficient (Wildman–Crippen LogP) is 5.17. The van der Waals surface area contributed by atoms with Crippen molar-refractivity contribution >= 4 is 40.7 Å². The molecule has 1 aliphatic rings. The maximum absolute atomic E-state index is 13.9. The first-order valence-corrected chi connectivity index (χ1v) is 13.2. The Hall–Kier alpha value is -3.74. The Kier molecular flexibility index (Phi) is 9.33. The van der Waals surface area contributed by atoms with Gasteiger partial charge in [0, 0.05) is 35.7 Å². The quantitative estimate of drug-likeness (QED) is 0.245. The van der Waals surface area contributed by atoms with Crippen LogP contribution in [0.15, 0.2) is 60.3 Å². The second-order valence-electron chi connectivity index (χ2n) is 8.95. The van der Waals surface area contributed by atoms with Crippen LogP contribution in [-0.2, 0) is 9.63 Å². The summed E-state index contributed by atoms with van der Waals surface area (Å²) >= 11 is 1.59. The van der Waals surface area contributed by atoms with Crippen molar-refractivity contribution < 1.29 is 23.1 Å². The molecule has 1 fully saturated rings. The molecular formula is C27H30F2N6O3S. The Morgan fingerprint density at radius 3 is 2.67 bits per heavy atom. The molecule has 0 bridgehead atoms. The van der Waals surface area contributed by atoms with E-state index in [0.29, 0.717) is 47.4 Å². The number of benzene rings is 2. The SMILES string of the molecule is C=CC(=O)Nc1cc(Nc2cc(N3OCCC3c3cc(F)cc(F)c3)ncn2)c(OC)cc1SCCN(C)C. The lowest BCUT2D eigenvalue weighted by molar-refractivity contribution is -0.111. The van der Waals surface area contributed by atoms with Crippen LogP contribution in [-0.4, -0.2) is 60.9 Å². The van der Waals surface area contributed by atoms with E-state index in [1.807, 2.05) is 20.2 Å². The molecule has 3 aromatic rings. The monoisotopic (exact) mass is 556 g/mol. The highest BCUT2D eigenvalue weighted by atomic mass is 32.2. The zero-order valence-corrected chi connectivity index (χ0v) is 22.7. The van der Waals surface area contributed by atoms with Gasteiger partial charge in [-0.1, -0.05) is 6.58 Å². The van der Waals surface area contributed by atoms with Crippen LogP contribution in [0.1, 0.15) is 18.0 Å². The van der Waals surface area contributed by atoms with E-state index in [1.54, 1.807) is 31.0 Å². The third-order valence-electron chi connectivity index (χ3n) is 5.86. The van der Waals surface area contributed by atoms with Gasteiger partial charge in [0.1, 0.15) is 29.5 Å². The van der Waals surface area contributed by atoms with Gasteiger partial charge in [-0.25, -0.2) is 23.8 Å². The standard InChI is InChI=1S/C27H30F2N6O3S/c1-5-27(36)33-21-13-20(23(37-4)14-24(21)39-9-7-34(2)3)32-25-15-26(31-16-30-25)35-22(6-8-38-35)17-10-18(28)12-19(29)11-17/h5,10-16,22H,1,6-9H2,2-4H3,(H,33,36)(H,30,31,32). The average molecular weight is 557 g/mol. The van der Waals surface area contributed by atoms with Gasteiger partial charge in [0.05, 0.1) is 31.1 Å². The summed E-state index contributed by atoms with van der Waals surface area (Å²) in [6, 6.07) is 8.27. The number of hydrogen-bond acceptors (Lipinski definition) is 9. The molecule has 2 N–H and O–H groups in total. The molecular weight excluding hydrogens is 526 g/mol. The van der Waals surface area contributed by atoms with Crippen molar-refractivity contribution in [2.24, 2.45) is 0 Å². The Morgan fingerprint density at radius 1 is 1.21 bits per heavy atom. The van der Waals surface area contributed by atoms with Crippen molar-refractivity contribution in [1.29, 1.82) is 0 Å². The molecule has 2 heterocycles. The number of methoxy groups -OCH3 is 1. The Labute approximate surface area is 230 Å². The Bertz CT molecular complexity index is 1320. The molecule has 1 amide bonds. The van der Waals surface area contributed by atoms with Gasteiger partial charge in [-0.2, -0.15) is 0 Å². The molecule has 0 aliphatic carbocycles. The highest BCUT2D eigenvalue weighted by Gasteiger charge is 2.30. The number of hydrogen-bond donors (Lipinski definition) is 2. The highest BCUT2D eigenvalue weighted by molar-refractivity contribution is 7.99. The fraction of sp³-hybridized carbons (Fsp3) is 0.296. The first-order valence-electron chi connectivity index (χ1n) is 12.2. The van der Waals surface area contributed by atoms with Crippen molar-refractivity contribution in [2.45, 2.75) is 17.4 Å². The van der Waals surface area contributed by atoms with E-state index in [-0.39, 0.29) is 5.91 Å². The molecule has 0 saturated carbocycles. The van der Waals surface area contributed by atoms with Gasteiger partial charge >= 0.3 is 0 Å². The van der Waals surface area contributed by atoms with Crippen LogP contribution in [0, 0.1) is 11.6 Å². The van der Waals surface area contributed by atoms with Gasteiger partial charge in [0.2, 0.25) is 5.91 Å². The molecule has 1 saturated heterocycles. The normalized spacial score (nSPS) is 14.9. The summed E-state index contributed by atoms with van der Waals surface area (Å²) in [5.74, 6) is 0.539. The summed E-state index contributed by atoms with van der Waals surface area (Å²) in [5.41, 5.74) is 1.60. The van der Waals surface area contributed by atoms with Gasteiger partial charge in [-0.3, -0.25) is 9.63 Å². The third-order valence-corrected chi connectivity index (χ3v) is 6.89. The van der Waals surface area contributed by atoms with Gasteiger partial charge in [-0.15, -0.1) is 11.8 Å². The number of carbonyl (C=O) groups excluding carboxylic acids is 1. The summed E-state index contributed by atoms with van der Waals surface area (Å²) in [5, 5.41) is 7.60. The van der Waals surface area contributed by atoms with Crippen molar-refractivity contribution in [3.05, 3.63) is 72.6 Å². The molecule has 1 aliphatic heterocycles. The van der Waals surface area contributed by atoms with Crippen molar-refractivity contribution in [3.63, 3.8) is 0 Å². The second kappa shape index (κ2) is 12.9. The fourth-order valence-corrected chi connectivity index (χ4v) is 5.14. The topological polar surface area (TPSA) is 91.9 Å². The van der Waals surface area contributed by atoms with E-state index in [0.717, 1.165) is 23.3 Å². The van der Waals surface area contributed by atoms with Crippen LogP contribution in [0.5, 0.6) is 5.75 Å². The molecule has 4 rings (SSSR count). The number of rotatable bonds is 11. The maximum Gasteiger partial charge on any atom is 0.247 e. The molecule has 1 aromatic heterocycles. The molecule has 0 spiro atoms. The first-order chi connectivity index (χ1) is 18.8. The number of anilines is 4. The van der Waals surface area contributed by atoms with E-state index in [4.69, 9.17) is 9.57 Å². The summed E-state index contributed by atoms with van der Waals surface area (Å²) < 4.78 is 33.4. The van der Waals surface area contributed by atoms with Crippen LogP contribution in [0.25, 0.3) is 0 Å². The van der Waals surface area contributed by atoms with E-state index in [1.165, 1.54) is 29.6 Å². The molecule has 1 unspecified atom stereocenters. The molecule has 39 heavy (non-hydrogen) atoms. The van der Waals surface area contributed by atoms with E-state index in [9.17, 15) is 13.6 Å². The lowest BCUT2D eigenvalue weighted by Gasteiger charge is -2.24. The number of nitrogens with zero attached hydrogens (tertiary/aromatic N) is 4. The van der Waals surface area contributed by atoms with E-state index >= 15 is 0 Å². The van der Waals surface area contributed by atoms with Crippen molar-refractivity contribution in [1.82, 2.24) is 14.9 Å². The van der Waals surface area contributed by atoms with Crippen LogP contribution < -0.4 is 20.4 Å². The third kappa shape index (κ3) is 7.22. The van der Waals surface area contributed by atoms with Crippen LogP contribution in [0.3, 0.4) is 0 Å². The average Bonchev–Trinajstić information content (AvgIpc) is 3.39. The summed E-state index contributed by atoms with van der Waals surface area (Å²) in [6.07, 6.45) is 3.10. The number of amides is 1. The highest BCUT2D eigenvalue weighted by Crippen LogP contribution is 2.39. The minimum atomic E-state index is -0.656.